The number of benzene rings is 1. The average Bonchev–Trinajstić information content (AvgIpc) is 3.59. The normalized spacial score (nSPS) is 13.1. The molecule has 4 amide bonds. The van der Waals surface area contributed by atoms with Gasteiger partial charge in [0.2, 0.25) is 29.6 Å². The summed E-state index contributed by atoms with van der Waals surface area (Å²) in [6.45, 7) is 4.28. The molecule has 0 saturated carbocycles. The molecule has 7 N–H and O–H groups in total. The number of primary amides is 1. The van der Waals surface area contributed by atoms with E-state index in [0.717, 1.165) is 6.42 Å². The monoisotopic (exact) mass is 558 g/mol. The number of carbonyl (C=O) groups excluding carboxylic acids is 4. The van der Waals surface area contributed by atoms with E-state index in [4.69, 9.17) is 13.6 Å². The molecule has 0 atom stereocenters. The van der Waals surface area contributed by atoms with Crippen molar-refractivity contribution in [2.24, 2.45) is 11.1 Å². The summed E-state index contributed by atoms with van der Waals surface area (Å²) in [6, 6.07) is 6.97. The Bertz CT molecular complexity index is 1460. The van der Waals surface area contributed by atoms with E-state index in [1.807, 2.05) is 0 Å². The Morgan fingerprint density at radius 2 is 1.93 bits per heavy atom. The van der Waals surface area contributed by atoms with E-state index < -0.39 is 23.1 Å². The zero-order valence-electron chi connectivity index (χ0n) is 22.8. The lowest BCUT2D eigenvalue weighted by Crippen LogP contribution is -2.46. The van der Waals surface area contributed by atoms with Gasteiger partial charge in [-0.1, -0.05) is 6.07 Å². The third-order valence-electron chi connectivity index (χ3n) is 6.44. The van der Waals surface area contributed by atoms with E-state index in [1.54, 1.807) is 24.3 Å². The quantitative estimate of drug-likeness (QED) is 0.104. The van der Waals surface area contributed by atoms with Gasteiger partial charge in [-0.25, -0.2) is 9.97 Å². The fraction of sp³-hybridized carbons (Fsp3) is 0.346. The van der Waals surface area contributed by atoms with E-state index in [2.05, 4.69) is 41.2 Å². The molecule has 2 aromatic heterocycles. The van der Waals surface area contributed by atoms with Gasteiger partial charge < -0.3 is 32.0 Å². The maximum atomic E-state index is 12.7. The van der Waals surface area contributed by atoms with Crippen LogP contribution in [0.1, 0.15) is 43.6 Å². The molecule has 14 nitrogen and oxygen atoms in total. The zero-order chi connectivity index (χ0) is 29.6. The van der Waals surface area contributed by atoms with Crippen LogP contribution in [0, 0.1) is 5.41 Å². The highest BCUT2D eigenvalue weighted by Gasteiger charge is 2.33. The summed E-state index contributed by atoms with van der Waals surface area (Å²) in [5, 5.41) is 11.7. The van der Waals surface area contributed by atoms with E-state index >= 15 is 0 Å². The molecule has 1 fully saturated rings. The summed E-state index contributed by atoms with van der Waals surface area (Å²) in [6.07, 6.45) is 4.62. The summed E-state index contributed by atoms with van der Waals surface area (Å²) >= 11 is 0. The Hall–Kier alpha value is -4.95. The number of nitrogens with one attached hydrogen (secondary N) is 5. The maximum absolute atomic E-state index is 12.7. The fourth-order valence-corrected chi connectivity index (χ4v) is 3.86. The van der Waals surface area contributed by atoms with Crippen LogP contribution in [-0.4, -0.2) is 71.0 Å². The van der Waals surface area contributed by atoms with Crippen molar-refractivity contribution in [3.8, 4) is 0 Å². The SMILES string of the molecule is [B]c1cnc(Nc2cccc(NC(=O)c3cnc(N4CCCC4=O)[nH]3)c2)nc1NCCCNC(=O)C(C)(C)C(N)=O. The van der Waals surface area contributed by atoms with Gasteiger partial charge in [-0.3, -0.25) is 24.1 Å². The van der Waals surface area contributed by atoms with Gasteiger partial charge in [0.15, 0.2) is 0 Å². The third kappa shape index (κ3) is 7.18. The first-order chi connectivity index (χ1) is 19.5. The lowest BCUT2D eigenvalue weighted by molar-refractivity contribution is -0.139. The van der Waals surface area contributed by atoms with Crippen molar-refractivity contribution < 1.29 is 19.2 Å². The summed E-state index contributed by atoms with van der Waals surface area (Å²) < 4.78 is 0. The Balaban J connectivity index is 1.30. The number of aromatic amines is 1. The number of amides is 4. The number of hydrogen-bond donors (Lipinski definition) is 6. The highest BCUT2D eigenvalue weighted by molar-refractivity contribution is 6.35. The number of H-pyrrole nitrogens is 1. The lowest BCUT2D eigenvalue weighted by Gasteiger charge is -2.19. The highest BCUT2D eigenvalue weighted by Crippen LogP contribution is 2.21. The van der Waals surface area contributed by atoms with Crippen LogP contribution >= 0.6 is 0 Å². The van der Waals surface area contributed by atoms with Gasteiger partial charge in [-0.2, -0.15) is 4.98 Å². The molecule has 1 aliphatic rings. The van der Waals surface area contributed by atoms with Crippen molar-refractivity contribution in [2.75, 3.05) is 40.5 Å². The van der Waals surface area contributed by atoms with Crippen molar-refractivity contribution in [3.05, 3.63) is 42.4 Å². The van der Waals surface area contributed by atoms with Crippen LogP contribution in [0.15, 0.2) is 36.7 Å². The van der Waals surface area contributed by atoms with Crippen molar-refractivity contribution in [1.82, 2.24) is 25.3 Å². The van der Waals surface area contributed by atoms with E-state index in [-0.39, 0.29) is 17.5 Å². The molecule has 41 heavy (non-hydrogen) atoms. The molecule has 4 rings (SSSR count). The smallest absolute Gasteiger partial charge is 0.273 e. The molecule has 212 valence electrons. The number of anilines is 5. The summed E-state index contributed by atoms with van der Waals surface area (Å²) in [5.41, 5.74) is 5.67. The fourth-order valence-electron chi connectivity index (χ4n) is 3.86. The van der Waals surface area contributed by atoms with Gasteiger partial charge in [0, 0.05) is 43.6 Å². The van der Waals surface area contributed by atoms with Crippen LogP contribution in [0.25, 0.3) is 0 Å². The minimum Gasteiger partial charge on any atom is -0.370 e. The summed E-state index contributed by atoms with van der Waals surface area (Å²) in [5.74, 6) is -0.533. The number of carbonyl (C=O) groups is 4. The molecule has 0 unspecified atom stereocenters. The van der Waals surface area contributed by atoms with Crippen LogP contribution < -0.4 is 37.4 Å². The van der Waals surface area contributed by atoms with Crippen molar-refractivity contribution in [3.63, 3.8) is 0 Å². The van der Waals surface area contributed by atoms with Gasteiger partial charge >= 0.3 is 0 Å². The second kappa shape index (κ2) is 12.5. The van der Waals surface area contributed by atoms with E-state index in [1.165, 1.54) is 31.1 Å². The van der Waals surface area contributed by atoms with Crippen LogP contribution in [0.4, 0.5) is 29.1 Å². The summed E-state index contributed by atoms with van der Waals surface area (Å²) in [4.78, 5) is 65.4. The lowest BCUT2D eigenvalue weighted by atomic mass is 9.91. The molecule has 1 saturated heterocycles. The standard InChI is InChI=1S/C26H31BN10O4/c1-26(2,22(28)40)23(41)30-10-5-9-29-20-17(27)13-31-24(36-20)34-16-7-3-6-15(12-16)33-21(39)18-14-32-25(35-18)37-11-4-8-19(37)38/h3,6-7,12-14H,4-5,8-11H2,1-2H3,(H2,28,40)(H,30,41)(H,32,35)(H,33,39)(H2,29,31,34,36). The van der Waals surface area contributed by atoms with E-state index in [9.17, 15) is 19.2 Å². The summed E-state index contributed by atoms with van der Waals surface area (Å²) in [7, 11) is 6.01. The number of nitrogens with two attached hydrogens (primary N) is 1. The minimum atomic E-state index is -1.29. The van der Waals surface area contributed by atoms with Crippen LogP contribution in [0.2, 0.25) is 0 Å². The van der Waals surface area contributed by atoms with Gasteiger partial charge in [-0.15, -0.1) is 0 Å². The molecule has 3 heterocycles. The van der Waals surface area contributed by atoms with Crippen LogP contribution in [0.3, 0.4) is 0 Å². The van der Waals surface area contributed by atoms with Crippen LogP contribution in [0.5, 0.6) is 0 Å². The Morgan fingerprint density at radius 3 is 2.66 bits per heavy atom. The zero-order valence-corrected chi connectivity index (χ0v) is 22.8. The van der Waals surface area contributed by atoms with Crippen molar-refractivity contribution in [1.29, 1.82) is 0 Å². The van der Waals surface area contributed by atoms with Crippen molar-refractivity contribution in [2.45, 2.75) is 33.1 Å². The molecule has 1 aromatic carbocycles. The van der Waals surface area contributed by atoms with Gasteiger partial charge in [0.25, 0.3) is 5.91 Å². The van der Waals surface area contributed by atoms with Gasteiger partial charge in [0.1, 0.15) is 24.8 Å². The Morgan fingerprint density at radius 1 is 1.15 bits per heavy atom. The molecular formula is C26H31BN10O4. The number of rotatable bonds is 12. The molecule has 2 radical (unpaired) electrons. The van der Waals surface area contributed by atoms with Crippen molar-refractivity contribution >= 4 is 66.0 Å². The predicted molar refractivity (Wildman–Crippen MR) is 154 cm³/mol. The third-order valence-corrected chi connectivity index (χ3v) is 6.44. The van der Waals surface area contributed by atoms with Gasteiger partial charge in [0.05, 0.1) is 6.20 Å². The second-order valence-electron chi connectivity index (χ2n) is 9.95. The topological polar surface area (TPSA) is 200 Å². The molecule has 3 aromatic rings. The molecule has 1 aliphatic heterocycles. The molecular weight excluding hydrogens is 527 g/mol. The largest absolute Gasteiger partial charge is 0.370 e. The highest BCUT2D eigenvalue weighted by atomic mass is 16.2. The Labute approximate surface area is 237 Å². The molecule has 15 heteroatoms. The first kappa shape index (κ1) is 29.0. The number of aromatic nitrogens is 4. The first-order valence-corrected chi connectivity index (χ1v) is 13.0. The molecule has 0 spiro atoms. The maximum Gasteiger partial charge on any atom is 0.273 e. The van der Waals surface area contributed by atoms with Crippen LogP contribution in [-0.2, 0) is 14.4 Å². The van der Waals surface area contributed by atoms with E-state index in [0.29, 0.717) is 61.1 Å². The number of hydrogen-bond acceptors (Lipinski definition) is 9. The number of imidazole rings is 1. The number of nitrogens with zero attached hydrogens (tertiary/aromatic N) is 4. The Kier molecular flexibility index (Phi) is 8.85. The first-order valence-electron chi connectivity index (χ1n) is 13.0. The predicted octanol–water partition coefficient (Wildman–Crippen LogP) is 0.546. The second-order valence-corrected chi connectivity index (χ2v) is 9.95. The average molecular weight is 558 g/mol. The molecule has 0 bridgehead atoms. The minimum absolute atomic E-state index is 0.0250. The molecule has 0 aliphatic carbocycles. The van der Waals surface area contributed by atoms with Gasteiger partial charge in [-0.05, 0) is 50.4 Å².